The van der Waals surface area contributed by atoms with Crippen LogP contribution in [0, 0.1) is 5.92 Å². The number of carbonyl (C=O) groups is 2. The van der Waals surface area contributed by atoms with Crippen LogP contribution in [-0.4, -0.2) is 113 Å². The van der Waals surface area contributed by atoms with Crippen LogP contribution in [0.4, 0.5) is 0 Å². The van der Waals surface area contributed by atoms with Crippen LogP contribution < -0.4 is 14.2 Å². The van der Waals surface area contributed by atoms with E-state index in [0.717, 1.165) is 37.8 Å². The van der Waals surface area contributed by atoms with E-state index >= 15 is 0 Å². The smallest absolute Gasteiger partial charge is 0.308 e. The van der Waals surface area contributed by atoms with Crippen LogP contribution in [0.2, 0.25) is 0 Å². The molecule has 1 fully saturated rings. The van der Waals surface area contributed by atoms with Gasteiger partial charge in [-0.2, -0.15) is 0 Å². The van der Waals surface area contributed by atoms with Gasteiger partial charge < -0.3 is 39.3 Å². The lowest BCUT2D eigenvalue weighted by Gasteiger charge is -2.30. The highest BCUT2D eigenvalue weighted by Gasteiger charge is 2.47. The summed E-state index contributed by atoms with van der Waals surface area (Å²) in [4.78, 5) is 32.7. The molecule has 3 N–H and O–H groups in total. The van der Waals surface area contributed by atoms with E-state index in [-0.39, 0.29) is 37.5 Å². The zero-order valence-corrected chi connectivity index (χ0v) is 25.7. The van der Waals surface area contributed by atoms with E-state index in [1.54, 1.807) is 12.1 Å². The normalized spacial score (nSPS) is 19.7. The molecular weight excluding hydrogens is 556 g/mol. The Balaban J connectivity index is 1.61. The summed E-state index contributed by atoms with van der Waals surface area (Å²) in [5.74, 6) is -1.09. The summed E-state index contributed by atoms with van der Waals surface area (Å²) in [5.41, 5.74) is 0.728. The number of aromatic nitrogens is 1. The number of fused-ring (bicyclic) bond motifs is 1. The largest absolute Gasteiger partial charge is 0.494 e. The summed E-state index contributed by atoms with van der Waals surface area (Å²) in [5, 5.41) is 31.0. The minimum atomic E-state index is -0.978. The Morgan fingerprint density at radius 1 is 1.05 bits per heavy atom. The van der Waals surface area contributed by atoms with Crippen molar-refractivity contribution < 1.29 is 39.1 Å². The number of hydrogen-bond donors (Lipinski definition) is 3. The van der Waals surface area contributed by atoms with E-state index in [1.165, 1.54) is 23.8 Å². The maximum atomic E-state index is 13.8. The number of aromatic hydroxyl groups is 2. The number of benzene rings is 1. The van der Waals surface area contributed by atoms with E-state index in [1.807, 2.05) is 23.9 Å². The number of aliphatic carboxylic acids is 1. The molecular formula is C31H46N4O8. The van der Waals surface area contributed by atoms with Crippen molar-refractivity contribution in [2.24, 2.45) is 5.92 Å². The highest BCUT2D eigenvalue weighted by atomic mass is 16.7. The molecule has 0 spiro atoms. The van der Waals surface area contributed by atoms with Crippen LogP contribution in [0.15, 0.2) is 24.3 Å². The fourth-order valence-corrected chi connectivity index (χ4v) is 6.21. The molecule has 2 aliphatic rings. The average molecular weight is 603 g/mol. The van der Waals surface area contributed by atoms with Crippen molar-refractivity contribution in [2.45, 2.75) is 57.5 Å². The Labute approximate surface area is 253 Å². The fourth-order valence-electron chi connectivity index (χ4n) is 6.21. The number of carboxylic acids is 1. The average Bonchev–Trinajstić information content (AvgIpc) is 3.68. The van der Waals surface area contributed by atoms with Crippen LogP contribution in [0.25, 0.3) is 0 Å². The SMILES string of the molecule is CCCCN(CCCCN(C)C)C(=O)CN1C[C@H](c2cc(OC)c3c(c2)OCO3)C(C(=O)O)[C@@H]1CCn1c(O)ccc1O. The predicted molar refractivity (Wildman–Crippen MR) is 160 cm³/mol. The molecule has 2 aromatic rings. The fraction of sp³-hybridized carbons (Fsp3) is 0.613. The Bertz CT molecular complexity index is 1230. The quantitative estimate of drug-likeness (QED) is 0.246. The second-order valence-corrected chi connectivity index (χ2v) is 11.7. The second-order valence-electron chi connectivity index (χ2n) is 11.7. The predicted octanol–water partition coefficient (Wildman–Crippen LogP) is 3.17. The minimum absolute atomic E-state index is 0.0250. The molecule has 1 unspecified atom stereocenters. The topological polar surface area (TPSA) is 137 Å². The highest BCUT2D eigenvalue weighted by molar-refractivity contribution is 5.79. The Morgan fingerprint density at radius 2 is 1.74 bits per heavy atom. The lowest BCUT2D eigenvalue weighted by Crippen LogP contribution is -2.45. The third-order valence-electron chi connectivity index (χ3n) is 8.48. The Morgan fingerprint density at radius 3 is 2.40 bits per heavy atom. The second kappa shape index (κ2) is 14.7. The van der Waals surface area contributed by atoms with Crippen molar-refractivity contribution in [2.75, 3.05) is 60.7 Å². The molecule has 1 amide bonds. The number of hydrogen-bond acceptors (Lipinski definition) is 9. The molecule has 238 valence electrons. The number of amides is 1. The summed E-state index contributed by atoms with van der Waals surface area (Å²) in [6.07, 6.45) is 4.03. The lowest BCUT2D eigenvalue weighted by molar-refractivity contribution is -0.144. The number of unbranched alkanes of at least 4 members (excludes halogenated alkanes) is 2. The van der Waals surface area contributed by atoms with Gasteiger partial charge in [-0.1, -0.05) is 13.3 Å². The standard InChI is InChI=1S/C31H46N4O8/c1-5-6-13-33(14-8-7-12-32(2)3)28(38)19-34-18-22(21-16-24(41-4)30-25(17-21)42-20-43-30)29(31(39)40)23(34)11-15-35-26(36)9-10-27(35)37/h9-10,16-17,22-23,29,36-37H,5-8,11-15,18-20H2,1-4H3,(H,39,40)/t22-,23+,29?/m1/s1. The summed E-state index contributed by atoms with van der Waals surface area (Å²) in [6, 6.07) is 5.84. The highest BCUT2D eigenvalue weighted by Crippen LogP contribution is 2.47. The van der Waals surface area contributed by atoms with Crippen LogP contribution in [0.5, 0.6) is 29.0 Å². The number of ether oxygens (including phenoxy) is 3. The minimum Gasteiger partial charge on any atom is -0.494 e. The maximum Gasteiger partial charge on any atom is 0.308 e. The van der Waals surface area contributed by atoms with Gasteiger partial charge >= 0.3 is 5.97 Å². The first-order chi connectivity index (χ1) is 20.6. The summed E-state index contributed by atoms with van der Waals surface area (Å²) in [6.45, 7) is 5.01. The molecule has 4 rings (SSSR count). The van der Waals surface area contributed by atoms with Crippen molar-refractivity contribution in [1.29, 1.82) is 0 Å². The molecule has 12 nitrogen and oxygen atoms in total. The molecule has 0 bridgehead atoms. The molecule has 0 aliphatic carbocycles. The molecule has 1 aromatic heterocycles. The molecule has 3 atom stereocenters. The Hall–Kier alpha value is -3.64. The van der Waals surface area contributed by atoms with Gasteiger partial charge in [0.15, 0.2) is 23.3 Å². The zero-order chi connectivity index (χ0) is 31.1. The third kappa shape index (κ3) is 7.66. The molecule has 43 heavy (non-hydrogen) atoms. The molecule has 1 aromatic carbocycles. The molecule has 1 saturated heterocycles. The Kier molecular flexibility index (Phi) is 11.0. The van der Waals surface area contributed by atoms with Gasteiger partial charge in [0.25, 0.3) is 0 Å². The summed E-state index contributed by atoms with van der Waals surface area (Å²) < 4.78 is 18.0. The van der Waals surface area contributed by atoms with Gasteiger partial charge in [-0.25, -0.2) is 0 Å². The van der Waals surface area contributed by atoms with Crippen LogP contribution in [-0.2, 0) is 16.1 Å². The maximum absolute atomic E-state index is 13.8. The molecule has 0 radical (unpaired) electrons. The van der Waals surface area contributed by atoms with E-state index in [2.05, 4.69) is 11.8 Å². The van der Waals surface area contributed by atoms with Crippen LogP contribution >= 0.6 is 0 Å². The van der Waals surface area contributed by atoms with E-state index in [9.17, 15) is 24.9 Å². The van der Waals surface area contributed by atoms with Crippen molar-refractivity contribution >= 4 is 11.9 Å². The number of carbonyl (C=O) groups excluding carboxylic acids is 1. The number of methoxy groups -OCH3 is 1. The van der Waals surface area contributed by atoms with Gasteiger partial charge in [-0.15, -0.1) is 0 Å². The van der Waals surface area contributed by atoms with Crippen molar-refractivity contribution in [3.8, 4) is 29.0 Å². The molecule has 3 heterocycles. The van der Waals surface area contributed by atoms with Crippen molar-refractivity contribution in [3.05, 3.63) is 29.8 Å². The molecule has 0 saturated carbocycles. The van der Waals surface area contributed by atoms with Crippen LogP contribution in [0.1, 0.15) is 50.5 Å². The number of likely N-dealkylation sites (tertiary alicyclic amines) is 1. The van der Waals surface area contributed by atoms with E-state index < -0.39 is 23.8 Å². The zero-order valence-electron chi connectivity index (χ0n) is 25.7. The van der Waals surface area contributed by atoms with Gasteiger partial charge in [0.2, 0.25) is 18.4 Å². The number of rotatable bonds is 16. The van der Waals surface area contributed by atoms with Crippen molar-refractivity contribution in [1.82, 2.24) is 19.3 Å². The summed E-state index contributed by atoms with van der Waals surface area (Å²) >= 11 is 0. The van der Waals surface area contributed by atoms with Gasteiger partial charge in [0.1, 0.15) is 0 Å². The van der Waals surface area contributed by atoms with Gasteiger partial charge in [0.05, 0.1) is 19.6 Å². The van der Waals surface area contributed by atoms with Gasteiger partial charge in [-0.05, 0) is 64.0 Å². The number of carboxylic acid groups (broad SMARTS) is 1. The third-order valence-corrected chi connectivity index (χ3v) is 8.48. The first-order valence-electron chi connectivity index (χ1n) is 15.1. The van der Waals surface area contributed by atoms with E-state index in [0.29, 0.717) is 43.3 Å². The first-order valence-corrected chi connectivity index (χ1v) is 15.1. The van der Waals surface area contributed by atoms with Gasteiger partial charge in [0, 0.05) is 50.3 Å². The number of nitrogens with zero attached hydrogens (tertiary/aromatic N) is 4. The van der Waals surface area contributed by atoms with Gasteiger partial charge in [-0.3, -0.25) is 19.1 Å². The molecule has 12 heteroatoms. The lowest BCUT2D eigenvalue weighted by atomic mass is 9.84. The monoisotopic (exact) mass is 602 g/mol. The van der Waals surface area contributed by atoms with E-state index in [4.69, 9.17) is 14.2 Å². The van der Waals surface area contributed by atoms with Crippen molar-refractivity contribution in [3.63, 3.8) is 0 Å². The summed E-state index contributed by atoms with van der Waals surface area (Å²) in [7, 11) is 5.59. The van der Waals surface area contributed by atoms with Crippen LogP contribution in [0.3, 0.4) is 0 Å². The molecule has 2 aliphatic heterocycles. The first kappa shape index (κ1) is 32.3.